The van der Waals surface area contributed by atoms with Crippen molar-refractivity contribution in [3.63, 3.8) is 0 Å². The fourth-order valence-electron chi connectivity index (χ4n) is 2.16. The Morgan fingerprint density at radius 2 is 1.70 bits per heavy atom. The Hall–Kier alpha value is -0.0400. The summed E-state index contributed by atoms with van der Waals surface area (Å²) in [6, 6.07) is 0. The number of rotatable bonds is 1. The summed E-state index contributed by atoms with van der Waals surface area (Å²) in [6.07, 6.45) is 8.43. The molecule has 0 unspecified atom stereocenters. The SMILES string of the molecule is C[C@H]1O[C@H]1C1CCCCC1. The molecule has 1 saturated carbocycles. The van der Waals surface area contributed by atoms with E-state index in [0.717, 1.165) is 5.92 Å². The van der Waals surface area contributed by atoms with Crippen LogP contribution in [0.3, 0.4) is 0 Å². The summed E-state index contributed by atoms with van der Waals surface area (Å²) in [5, 5.41) is 0. The zero-order valence-corrected chi connectivity index (χ0v) is 6.68. The molecule has 1 aliphatic carbocycles. The molecular weight excluding hydrogens is 124 g/mol. The first-order valence-electron chi connectivity index (χ1n) is 4.53. The molecule has 1 heterocycles. The Bertz CT molecular complexity index is 116. The highest BCUT2D eigenvalue weighted by molar-refractivity contribution is 4.88. The van der Waals surface area contributed by atoms with Gasteiger partial charge in [-0.2, -0.15) is 0 Å². The third kappa shape index (κ3) is 1.20. The summed E-state index contributed by atoms with van der Waals surface area (Å²) in [5.74, 6) is 0.920. The molecular formula is C9H16O. The Balaban J connectivity index is 1.81. The molecule has 1 heteroatoms. The van der Waals surface area contributed by atoms with Crippen molar-refractivity contribution in [3.8, 4) is 0 Å². The molecule has 2 aliphatic rings. The van der Waals surface area contributed by atoms with Gasteiger partial charge in [0.1, 0.15) is 0 Å². The fraction of sp³-hybridized carbons (Fsp3) is 1.00. The van der Waals surface area contributed by atoms with Crippen molar-refractivity contribution in [1.82, 2.24) is 0 Å². The van der Waals surface area contributed by atoms with Crippen LogP contribution in [0.15, 0.2) is 0 Å². The van der Waals surface area contributed by atoms with Crippen LogP contribution in [0.25, 0.3) is 0 Å². The largest absolute Gasteiger partial charge is 0.370 e. The second kappa shape index (κ2) is 2.54. The van der Waals surface area contributed by atoms with Gasteiger partial charge in [0.05, 0.1) is 12.2 Å². The molecule has 2 fully saturated rings. The number of hydrogen-bond acceptors (Lipinski definition) is 1. The van der Waals surface area contributed by atoms with Gasteiger partial charge in [0.15, 0.2) is 0 Å². The van der Waals surface area contributed by atoms with Gasteiger partial charge in [0, 0.05) is 0 Å². The lowest BCUT2D eigenvalue weighted by molar-refractivity contribution is 0.263. The lowest BCUT2D eigenvalue weighted by Crippen LogP contribution is -2.13. The van der Waals surface area contributed by atoms with E-state index in [4.69, 9.17) is 4.74 Å². The molecule has 2 atom stereocenters. The lowest BCUT2D eigenvalue weighted by Gasteiger charge is -2.19. The van der Waals surface area contributed by atoms with Crippen molar-refractivity contribution in [3.05, 3.63) is 0 Å². The molecule has 0 radical (unpaired) electrons. The van der Waals surface area contributed by atoms with Crippen molar-refractivity contribution in [2.45, 2.75) is 51.2 Å². The van der Waals surface area contributed by atoms with Gasteiger partial charge in [-0.25, -0.2) is 0 Å². The van der Waals surface area contributed by atoms with E-state index in [1.54, 1.807) is 0 Å². The zero-order valence-electron chi connectivity index (χ0n) is 6.68. The van der Waals surface area contributed by atoms with E-state index in [1.807, 2.05) is 0 Å². The quantitative estimate of drug-likeness (QED) is 0.509. The molecule has 0 spiro atoms. The maximum absolute atomic E-state index is 5.46. The molecule has 58 valence electrons. The molecule has 0 amide bonds. The van der Waals surface area contributed by atoms with Gasteiger partial charge in [-0.15, -0.1) is 0 Å². The molecule has 1 nitrogen and oxygen atoms in total. The summed E-state index contributed by atoms with van der Waals surface area (Å²) >= 11 is 0. The highest BCUT2D eigenvalue weighted by atomic mass is 16.6. The minimum atomic E-state index is 0.586. The summed E-state index contributed by atoms with van der Waals surface area (Å²) in [7, 11) is 0. The van der Waals surface area contributed by atoms with Crippen molar-refractivity contribution in [2.75, 3.05) is 0 Å². The summed E-state index contributed by atoms with van der Waals surface area (Å²) in [4.78, 5) is 0. The van der Waals surface area contributed by atoms with E-state index in [1.165, 1.54) is 32.1 Å². The summed E-state index contributed by atoms with van der Waals surface area (Å²) in [6.45, 7) is 2.19. The van der Waals surface area contributed by atoms with Gasteiger partial charge < -0.3 is 4.74 Å². The first-order valence-corrected chi connectivity index (χ1v) is 4.53. The predicted molar refractivity (Wildman–Crippen MR) is 40.9 cm³/mol. The standard InChI is InChI=1S/C9H16O/c1-7-9(10-7)8-5-3-2-4-6-8/h7-9H,2-6H2,1H3/t7-,9-/m1/s1. The molecule has 2 rings (SSSR count). The first-order chi connectivity index (χ1) is 4.88. The van der Waals surface area contributed by atoms with E-state index < -0.39 is 0 Å². The van der Waals surface area contributed by atoms with Crippen LogP contribution in [0.5, 0.6) is 0 Å². The Morgan fingerprint density at radius 3 is 2.20 bits per heavy atom. The minimum Gasteiger partial charge on any atom is -0.370 e. The van der Waals surface area contributed by atoms with E-state index in [0.29, 0.717) is 12.2 Å². The van der Waals surface area contributed by atoms with Crippen LogP contribution in [0, 0.1) is 5.92 Å². The average molecular weight is 140 g/mol. The Morgan fingerprint density at radius 1 is 1.10 bits per heavy atom. The molecule has 0 N–H and O–H groups in total. The van der Waals surface area contributed by atoms with Gasteiger partial charge in [-0.3, -0.25) is 0 Å². The monoisotopic (exact) mass is 140 g/mol. The molecule has 0 aromatic heterocycles. The highest BCUT2D eigenvalue weighted by Crippen LogP contribution is 2.37. The van der Waals surface area contributed by atoms with Crippen molar-refractivity contribution < 1.29 is 4.74 Å². The van der Waals surface area contributed by atoms with Gasteiger partial charge >= 0.3 is 0 Å². The second-order valence-corrected chi connectivity index (χ2v) is 3.70. The van der Waals surface area contributed by atoms with Crippen LogP contribution in [-0.4, -0.2) is 12.2 Å². The van der Waals surface area contributed by atoms with Gasteiger partial charge in [0.25, 0.3) is 0 Å². The number of ether oxygens (including phenoxy) is 1. The minimum absolute atomic E-state index is 0.586. The molecule has 1 aliphatic heterocycles. The second-order valence-electron chi connectivity index (χ2n) is 3.70. The van der Waals surface area contributed by atoms with Crippen LogP contribution >= 0.6 is 0 Å². The van der Waals surface area contributed by atoms with E-state index in [9.17, 15) is 0 Å². The molecule has 0 aromatic rings. The number of epoxide rings is 1. The first kappa shape index (κ1) is 6.66. The summed E-state index contributed by atoms with van der Waals surface area (Å²) < 4.78 is 5.46. The maximum atomic E-state index is 5.46. The lowest BCUT2D eigenvalue weighted by atomic mass is 9.86. The van der Waals surface area contributed by atoms with Crippen LogP contribution in [0.1, 0.15) is 39.0 Å². The zero-order chi connectivity index (χ0) is 6.97. The maximum Gasteiger partial charge on any atom is 0.0867 e. The van der Waals surface area contributed by atoms with Crippen LogP contribution in [-0.2, 0) is 4.74 Å². The highest BCUT2D eigenvalue weighted by Gasteiger charge is 2.40. The van der Waals surface area contributed by atoms with Crippen LogP contribution < -0.4 is 0 Å². The Kier molecular flexibility index (Phi) is 1.69. The van der Waals surface area contributed by atoms with Crippen LogP contribution in [0.2, 0.25) is 0 Å². The predicted octanol–water partition coefficient (Wildman–Crippen LogP) is 2.35. The summed E-state index contributed by atoms with van der Waals surface area (Å²) in [5.41, 5.74) is 0. The van der Waals surface area contributed by atoms with E-state index in [-0.39, 0.29) is 0 Å². The van der Waals surface area contributed by atoms with Crippen molar-refractivity contribution in [1.29, 1.82) is 0 Å². The third-order valence-electron chi connectivity index (χ3n) is 2.87. The van der Waals surface area contributed by atoms with Crippen molar-refractivity contribution in [2.24, 2.45) is 5.92 Å². The molecule has 0 aromatic carbocycles. The molecule has 10 heavy (non-hydrogen) atoms. The topological polar surface area (TPSA) is 12.5 Å². The average Bonchev–Trinajstić information content (AvgIpc) is 2.69. The van der Waals surface area contributed by atoms with Crippen LogP contribution in [0.4, 0.5) is 0 Å². The smallest absolute Gasteiger partial charge is 0.0867 e. The third-order valence-corrected chi connectivity index (χ3v) is 2.87. The molecule has 1 saturated heterocycles. The van der Waals surface area contributed by atoms with Gasteiger partial charge in [0.2, 0.25) is 0 Å². The van der Waals surface area contributed by atoms with Gasteiger partial charge in [-0.1, -0.05) is 19.3 Å². The van der Waals surface area contributed by atoms with E-state index >= 15 is 0 Å². The number of hydrogen-bond donors (Lipinski definition) is 0. The fourth-order valence-corrected chi connectivity index (χ4v) is 2.16. The van der Waals surface area contributed by atoms with E-state index in [2.05, 4.69) is 6.92 Å². The normalized spacial score (nSPS) is 41.7. The van der Waals surface area contributed by atoms with Crippen molar-refractivity contribution >= 4 is 0 Å². The molecule has 0 bridgehead atoms. The van der Waals surface area contributed by atoms with Gasteiger partial charge in [-0.05, 0) is 25.7 Å². The Labute approximate surface area is 62.8 Å².